The molecule has 88 valence electrons. The smallest absolute Gasteiger partial charge is 0.0859 e. The summed E-state index contributed by atoms with van der Waals surface area (Å²) in [6, 6.07) is 11.9. The molecule has 0 radical (unpaired) electrons. The Kier molecular flexibility index (Phi) is 4.82. The van der Waals surface area contributed by atoms with Crippen molar-refractivity contribution in [2.24, 2.45) is 0 Å². The summed E-state index contributed by atoms with van der Waals surface area (Å²) in [6.45, 7) is 11.2. The van der Waals surface area contributed by atoms with Crippen molar-refractivity contribution in [1.82, 2.24) is 0 Å². The van der Waals surface area contributed by atoms with Gasteiger partial charge in [-0.2, -0.15) is 0 Å². The van der Waals surface area contributed by atoms with Crippen LogP contribution >= 0.6 is 11.6 Å². The van der Waals surface area contributed by atoms with E-state index in [9.17, 15) is 0 Å². The first-order valence-corrected chi connectivity index (χ1v) is 9.05. The largest absolute Gasteiger partial charge is 0.0991 e. The maximum Gasteiger partial charge on any atom is 0.0859 e. The van der Waals surface area contributed by atoms with Crippen LogP contribution in [0.15, 0.2) is 30.8 Å². The molecule has 0 bridgehead atoms. The molecule has 2 heteroatoms. The van der Waals surface area contributed by atoms with Gasteiger partial charge in [-0.15, -0.1) is 0 Å². The van der Waals surface area contributed by atoms with Gasteiger partial charge in [0.1, 0.15) is 0 Å². The van der Waals surface area contributed by atoms with E-state index < -0.39 is 8.07 Å². The molecule has 1 rings (SSSR count). The van der Waals surface area contributed by atoms with Crippen molar-refractivity contribution in [2.75, 3.05) is 0 Å². The van der Waals surface area contributed by atoms with Crippen LogP contribution in [0.3, 0.4) is 0 Å². The topological polar surface area (TPSA) is 0 Å². The normalized spacial score (nSPS) is 11.5. The predicted molar refractivity (Wildman–Crippen MR) is 77.7 cm³/mol. The molecule has 0 spiro atoms. The lowest BCUT2D eigenvalue weighted by Crippen LogP contribution is -2.33. The summed E-state index contributed by atoms with van der Waals surface area (Å²) in [5.74, 6) is 0. The molecule has 0 N–H and O–H groups in total. The molecule has 0 nitrogen and oxygen atoms in total. The van der Waals surface area contributed by atoms with Crippen LogP contribution in [0.1, 0.15) is 26.3 Å². The highest BCUT2D eigenvalue weighted by atomic mass is 35.5. The maximum atomic E-state index is 6.26. The fourth-order valence-electron chi connectivity index (χ4n) is 2.38. The van der Waals surface area contributed by atoms with Gasteiger partial charge in [-0.3, -0.25) is 0 Å². The predicted octanol–water partition coefficient (Wildman–Crippen LogP) is 5.40. The van der Waals surface area contributed by atoms with Crippen LogP contribution in [0.5, 0.6) is 0 Å². The van der Waals surface area contributed by atoms with E-state index in [0.29, 0.717) is 0 Å². The molecule has 0 aliphatic carbocycles. The van der Waals surface area contributed by atoms with E-state index in [2.05, 4.69) is 33.4 Å². The summed E-state index contributed by atoms with van der Waals surface area (Å²) in [7, 11) is -1.37. The molecule has 0 saturated carbocycles. The molecule has 0 atom stereocenters. The Labute approximate surface area is 105 Å². The third kappa shape index (κ3) is 2.41. The molecule has 0 fully saturated rings. The molecule has 0 aliphatic heterocycles. The minimum atomic E-state index is -1.37. The summed E-state index contributed by atoms with van der Waals surface area (Å²) >= 11 is 6.26. The maximum absolute atomic E-state index is 6.26. The fourth-order valence-corrected chi connectivity index (χ4v) is 6.28. The molecule has 16 heavy (non-hydrogen) atoms. The Balaban J connectivity index is 3.14. The van der Waals surface area contributed by atoms with Crippen molar-refractivity contribution in [1.29, 1.82) is 0 Å². The Morgan fingerprint density at radius 1 is 1.12 bits per heavy atom. The molecule has 0 amide bonds. The SMILES string of the molecule is C=C(c1ccccc1Cl)[Si](CC)(CC)CC. The highest BCUT2D eigenvalue weighted by Gasteiger charge is 2.31. The van der Waals surface area contributed by atoms with Crippen LogP contribution in [-0.2, 0) is 0 Å². The van der Waals surface area contributed by atoms with Gasteiger partial charge in [0.15, 0.2) is 0 Å². The van der Waals surface area contributed by atoms with Gasteiger partial charge in [0.25, 0.3) is 0 Å². The van der Waals surface area contributed by atoms with Crippen molar-refractivity contribution >= 4 is 24.9 Å². The monoisotopic (exact) mass is 252 g/mol. The van der Waals surface area contributed by atoms with Gasteiger partial charge in [0.05, 0.1) is 8.07 Å². The third-order valence-corrected chi connectivity index (χ3v) is 9.81. The zero-order chi connectivity index (χ0) is 12.2. The summed E-state index contributed by atoms with van der Waals surface area (Å²) in [4.78, 5) is 0. The molecular weight excluding hydrogens is 232 g/mol. The Hall–Kier alpha value is -0.533. The zero-order valence-electron chi connectivity index (χ0n) is 10.5. The van der Waals surface area contributed by atoms with E-state index in [-0.39, 0.29) is 0 Å². The molecule has 0 aliphatic rings. The Morgan fingerprint density at radius 3 is 2.06 bits per heavy atom. The van der Waals surface area contributed by atoms with Crippen molar-refractivity contribution in [2.45, 2.75) is 38.9 Å². The summed E-state index contributed by atoms with van der Waals surface area (Å²) < 4.78 is 0. The van der Waals surface area contributed by atoms with Gasteiger partial charge < -0.3 is 0 Å². The first-order chi connectivity index (χ1) is 7.61. The minimum absolute atomic E-state index is 0.847. The van der Waals surface area contributed by atoms with Crippen LogP contribution in [0.4, 0.5) is 0 Å². The molecule has 0 heterocycles. The van der Waals surface area contributed by atoms with Crippen LogP contribution < -0.4 is 0 Å². The van der Waals surface area contributed by atoms with E-state index in [0.717, 1.165) is 5.02 Å². The number of halogens is 1. The van der Waals surface area contributed by atoms with Crippen molar-refractivity contribution in [3.8, 4) is 0 Å². The Bertz CT molecular complexity index is 358. The van der Waals surface area contributed by atoms with Crippen molar-refractivity contribution in [3.63, 3.8) is 0 Å². The first kappa shape index (κ1) is 13.5. The average Bonchev–Trinajstić information content (AvgIpc) is 2.32. The van der Waals surface area contributed by atoms with Crippen LogP contribution in [-0.4, -0.2) is 8.07 Å². The highest BCUT2D eigenvalue weighted by Crippen LogP contribution is 2.36. The molecule has 1 aromatic rings. The molecule has 0 saturated heterocycles. The molecule has 1 aromatic carbocycles. The quantitative estimate of drug-likeness (QED) is 0.616. The number of hydrogen-bond donors (Lipinski definition) is 0. The van der Waals surface area contributed by atoms with E-state index in [1.54, 1.807) is 0 Å². The summed E-state index contributed by atoms with van der Waals surface area (Å²) in [5, 5.41) is 2.17. The van der Waals surface area contributed by atoms with Crippen molar-refractivity contribution < 1.29 is 0 Å². The van der Waals surface area contributed by atoms with Gasteiger partial charge in [0, 0.05) is 5.02 Å². The minimum Gasteiger partial charge on any atom is -0.0991 e. The summed E-state index contributed by atoms with van der Waals surface area (Å²) in [5.41, 5.74) is 1.17. The van der Waals surface area contributed by atoms with Crippen LogP contribution in [0.25, 0.3) is 5.20 Å². The lowest BCUT2D eigenvalue weighted by Gasteiger charge is -2.31. The Morgan fingerprint density at radius 2 is 1.62 bits per heavy atom. The average molecular weight is 253 g/mol. The number of hydrogen-bond acceptors (Lipinski definition) is 0. The molecule has 0 aromatic heterocycles. The van der Waals surface area contributed by atoms with E-state index in [1.807, 2.05) is 18.2 Å². The lowest BCUT2D eigenvalue weighted by atomic mass is 10.2. The number of benzene rings is 1. The number of rotatable bonds is 5. The van der Waals surface area contributed by atoms with Gasteiger partial charge in [-0.1, -0.05) is 80.5 Å². The molecule has 0 unspecified atom stereocenters. The molecular formula is C14H21ClSi. The lowest BCUT2D eigenvalue weighted by molar-refractivity contribution is 1.20. The standard InChI is InChI=1S/C14H21ClSi/c1-5-16(6-2,7-3)12(4)13-10-8-9-11-14(13)15/h8-11H,4-7H2,1-3H3. The highest BCUT2D eigenvalue weighted by molar-refractivity contribution is 6.96. The van der Waals surface area contributed by atoms with Gasteiger partial charge in [-0.25, -0.2) is 0 Å². The zero-order valence-corrected chi connectivity index (χ0v) is 12.3. The van der Waals surface area contributed by atoms with E-state index in [1.165, 1.54) is 28.9 Å². The van der Waals surface area contributed by atoms with Gasteiger partial charge in [0.2, 0.25) is 0 Å². The first-order valence-electron chi connectivity index (χ1n) is 6.05. The summed E-state index contributed by atoms with van der Waals surface area (Å²) in [6.07, 6.45) is 0. The van der Waals surface area contributed by atoms with Gasteiger partial charge >= 0.3 is 0 Å². The second-order valence-electron chi connectivity index (χ2n) is 4.30. The second kappa shape index (κ2) is 5.69. The van der Waals surface area contributed by atoms with E-state index >= 15 is 0 Å². The van der Waals surface area contributed by atoms with Crippen LogP contribution in [0, 0.1) is 0 Å². The second-order valence-corrected chi connectivity index (χ2v) is 9.99. The third-order valence-electron chi connectivity index (χ3n) is 3.87. The van der Waals surface area contributed by atoms with Gasteiger partial charge in [-0.05, 0) is 11.6 Å². The van der Waals surface area contributed by atoms with E-state index in [4.69, 9.17) is 11.6 Å². The van der Waals surface area contributed by atoms with Crippen molar-refractivity contribution in [3.05, 3.63) is 41.4 Å². The van der Waals surface area contributed by atoms with Crippen LogP contribution in [0.2, 0.25) is 23.2 Å². The fraction of sp³-hybridized carbons (Fsp3) is 0.429.